The highest BCUT2D eigenvalue weighted by Crippen LogP contribution is 2.41. The standard InChI is InChI=1S/C33H38ClN5O3S/c1-22-9-15-26(16-10-22)39-30(21-29(38-39)33(2,3)4)37-32(40)36-25-13-11-23(12-14-25)31(24-17-19-35-20-18-24)43(41,42)28-8-6-5-7-27(28)34/h5-16,21,24,31,35H,17-20H2,1-4H3,(H2,36,37,40). The lowest BCUT2D eigenvalue weighted by atomic mass is 9.90. The van der Waals surface area contributed by atoms with E-state index in [4.69, 9.17) is 16.7 Å². The van der Waals surface area contributed by atoms with E-state index in [9.17, 15) is 13.2 Å². The van der Waals surface area contributed by atoms with Crippen LogP contribution in [0.1, 0.15) is 55.7 Å². The van der Waals surface area contributed by atoms with Gasteiger partial charge in [0.15, 0.2) is 9.84 Å². The molecule has 5 rings (SSSR count). The van der Waals surface area contributed by atoms with Gasteiger partial charge in [-0.1, -0.05) is 74.3 Å². The van der Waals surface area contributed by atoms with E-state index in [1.165, 1.54) is 0 Å². The van der Waals surface area contributed by atoms with E-state index in [-0.39, 0.29) is 21.3 Å². The van der Waals surface area contributed by atoms with Crippen LogP contribution in [-0.2, 0) is 15.3 Å². The molecule has 226 valence electrons. The molecule has 1 aliphatic rings. The Morgan fingerprint density at radius 3 is 2.26 bits per heavy atom. The van der Waals surface area contributed by atoms with Gasteiger partial charge in [0.05, 0.1) is 26.5 Å². The number of nitrogens with zero attached hydrogens (tertiary/aromatic N) is 2. The number of piperidine rings is 1. The number of anilines is 2. The molecule has 8 nitrogen and oxygen atoms in total. The maximum Gasteiger partial charge on any atom is 0.324 e. The van der Waals surface area contributed by atoms with Crippen molar-refractivity contribution in [3.63, 3.8) is 0 Å². The second kappa shape index (κ2) is 12.5. The van der Waals surface area contributed by atoms with Gasteiger partial charge in [-0.15, -0.1) is 0 Å². The average molecular weight is 620 g/mol. The van der Waals surface area contributed by atoms with E-state index >= 15 is 0 Å². The second-order valence-corrected chi connectivity index (χ2v) is 14.5. The third-order valence-electron chi connectivity index (χ3n) is 7.78. The number of rotatable bonds is 7. The smallest absolute Gasteiger partial charge is 0.317 e. The molecule has 1 aromatic heterocycles. The molecule has 0 radical (unpaired) electrons. The van der Waals surface area contributed by atoms with Crippen LogP contribution < -0.4 is 16.0 Å². The molecule has 4 aromatic rings. The zero-order valence-electron chi connectivity index (χ0n) is 24.9. The Bertz CT molecular complexity index is 1690. The number of nitrogens with one attached hydrogen (secondary N) is 3. The molecular formula is C33H38ClN5O3S. The van der Waals surface area contributed by atoms with Crippen molar-refractivity contribution >= 4 is 39.0 Å². The van der Waals surface area contributed by atoms with Gasteiger partial charge in [0, 0.05) is 17.2 Å². The summed E-state index contributed by atoms with van der Waals surface area (Å²) in [5.41, 5.74) is 3.81. The number of halogens is 1. The lowest BCUT2D eigenvalue weighted by molar-refractivity contribution is 0.262. The molecular weight excluding hydrogens is 582 g/mol. The molecule has 0 saturated carbocycles. The Balaban J connectivity index is 1.38. The molecule has 1 unspecified atom stereocenters. The number of amides is 2. The largest absolute Gasteiger partial charge is 0.324 e. The van der Waals surface area contributed by atoms with Gasteiger partial charge in [0.1, 0.15) is 5.82 Å². The van der Waals surface area contributed by atoms with Gasteiger partial charge >= 0.3 is 6.03 Å². The van der Waals surface area contributed by atoms with Gasteiger partial charge in [-0.25, -0.2) is 17.9 Å². The first-order valence-electron chi connectivity index (χ1n) is 14.5. The molecule has 2 amide bonds. The van der Waals surface area contributed by atoms with Crippen LogP contribution in [0.4, 0.5) is 16.3 Å². The molecule has 1 atom stereocenters. The third-order valence-corrected chi connectivity index (χ3v) is 10.5. The van der Waals surface area contributed by atoms with Crippen molar-refractivity contribution in [1.82, 2.24) is 15.1 Å². The van der Waals surface area contributed by atoms with E-state index in [0.717, 1.165) is 42.9 Å². The summed E-state index contributed by atoms with van der Waals surface area (Å²) >= 11 is 6.36. The predicted molar refractivity (Wildman–Crippen MR) is 173 cm³/mol. The first kappa shape index (κ1) is 30.8. The fourth-order valence-corrected chi connectivity index (χ4v) is 8.05. The number of carbonyl (C=O) groups excluding carboxylic acids is 1. The predicted octanol–water partition coefficient (Wildman–Crippen LogP) is 7.29. The Labute approximate surface area is 258 Å². The van der Waals surface area contributed by atoms with Crippen molar-refractivity contribution in [3.8, 4) is 5.69 Å². The molecule has 1 fully saturated rings. The van der Waals surface area contributed by atoms with Crippen molar-refractivity contribution in [2.24, 2.45) is 5.92 Å². The summed E-state index contributed by atoms with van der Waals surface area (Å²) < 4.78 is 29.7. The van der Waals surface area contributed by atoms with Crippen molar-refractivity contribution in [2.45, 2.75) is 56.1 Å². The second-order valence-electron chi connectivity index (χ2n) is 12.1. The van der Waals surface area contributed by atoms with Crippen molar-refractivity contribution in [1.29, 1.82) is 0 Å². The number of hydrogen-bond acceptors (Lipinski definition) is 5. The van der Waals surface area contributed by atoms with Gasteiger partial charge in [-0.3, -0.25) is 5.32 Å². The molecule has 0 spiro atoms. The van der Waals surface area contributed by atoms with Crippen molar-refractivity contribution in [3.05, 3.63) is 101 Å². The Hall–Kier alpha value is -3.66. The topological polar surface area (TPSA) is 105 Å². The first-order valence-corrected chi connectivity index (χ1v) is 16.4. The van der Waals surface area contributed by atoms with Crippen LogP contribution in [0.15, 0.2) is 83.8 Å². The number of benzene rings is 3. The van der Waals surface area contributed by atoms with Crippen LogP contribution in [0.5, 0.6) is 0 Å². The quantitative estimate of drug-likeness (QED) is 0.201. The average Bonchev–Trinajstić information content (AvgIpc) is 3.39. The van der Waals surface area contributed by atoms with E-state index in [0.29, 0.717) is 17.1 Å². The minimum absolute atomic E-state index is 0.0660. The first-order chi connectivity index (χ1) is 20.4. The maximum atomic E-state index is 14.0. The van der Waals surface area contributed by atoms with Crippen LogP contribution in [0.3, 0.4) is 0 Å². The summed E-state index contributed by atoms with van der Waals surface area (Å²) in [4.78, 5) is 13.3. The molecule has 0 aliphatic carbocycles. The number of sulfone groups is 1. The van der Waals surface area contributed by atoms with Gasteiger partial charge < -0.3 is 10.6 Å². The summed E-state index contributed by atoms with van der Waals surface area (Å²) in [5.74, 6) is 0.475. The lowest BCUT2D eigenvalue weighted by Crippen LogP contribution is -2.33. The SMILES string of the molecule is Cc1ccc(-n2nc(C(C)(C)C)cc2NC(=O)Nc2ccc(C(C3CCNCC3)S(=O)(=O)c3ccccc3Cl)cc2)cc1. The van der Waals surface area contributed by atoms with Gasteiger partial charge in [-0.05, 0) is 80.7 Å². The van der Waals surface area contributed by atoms with Crippen molar-refractivity contribution < 1.29 is 13.2 Å². The summed E-state index contributed by atoms with van der Waals surface area (Å²) in [6.07, 6.45) is 1.48. The lowest BCUT2D eigenvalue weighted by Gasteiger charge is -2.31. The zero-order valence-corrected chi connectivity index (χ0v) is 26.5. The van der Waals surface area contributed by atoms with E-state index in [1.807, 2.05) is 37.3 Å². The maximum absolute atomic E-state index is 14.0. The normalized spacial score (nSPS) is 15.2. The number of carbonyl (C=O) groups is 1. The molecule has 3 N–H and O–H groups in total. The molecule has 3 aromatic carbocycles. The Morgan fingerprint density at radius 2 is 1.63 bits per heavy atom. The molecule has 1 aliphatic heterocycles. The fraction of sp³-hybridized carbons (Fsp3) is 0.333. The number of aromatic nitrogens is 2. The van der Waals surface area contributed by atoms with E-state index in [1.54, 1.807) is 53.2 Å². The Morgan fingerprint density at radius 1 is 0.977 bits per heavy atom. The summed E-state index contributed by atoms with van der Waals surface area (Å²) in [7, 11) is -3.77. The summed E-state index contributed by atoms with van der Waals surface area (Å²) in [6, 6.07) is 23.0. The molecule has 0 bridgehead atoms. The van der Waals surface area contributed by atoms with Gasteiger partial charge in [0.2, 0.25) is 0 Å². The van der Waals surface area contributed by atoms with Crippen LogP contribution in [0.2, 0.25) is 5.02 Å². The highest BCUT2D eigenvalue weighted by Gasteiger charge is 2.37. The molecule has 1 saturated heterocycles. The number of urea groups is 1. The molecule has 43 heavy (non-hydrogen) atoms. The highest BCUT2D eigenvalue weighted by molar-refractivity contribution is 7.91. The zero-order chi connectivity index (χ0) is 30.8. The van der Waals surface area contributed by atoms with E-state index in [2.05, 4.69) is 36.7 Å². The van der Waals surface area contributed by atoms with Gasteiger partial charge in [-0.2, -0.15) is 5.10 Å². The van der Waals surface area contributed by atoms with Crippen LogP contribution in [-0.4, -0.2) is 37.3 Å². The number of hydrogen-bond donors (Lipinski definition) is 3. The summed E-state index contributed by atoms with van der Waals surface area (Å²) in [6.45, 7) is 9.76. The van der Waals surface area contributed by atoms with Crippen LogP contribution >= 0.6 is 11.6 Å². The molecule has 10 heteroatoms. The van der Waals surface area contributed by atoms with Crippen LogP contribution in [0.25, 0.3) is 5.69 Å². The Kier molecular flexibility index (Phi) is 8.96. The van der Waals surface area contributed by atoms with Crippen molar-refractivity contribution in [2.75, 3.05) is 23.7 Å². The van der Waals surface area contributed by atoms with Gasteiger partial charge in [0.25, 0.3) is 0 Å². The van der Waals surface area contributed by atoms with E-state index < -0.39 is 21.1 Å². The minimum atomic E-state index is -3.77. The fourth-order valence-electron chi connectivity index (χ4n) is 5.42. The molecule has 2 heterocycles. The monoisotopic (exact) mass is 619 g/mol. The van der Waals surface area contributed by atoms with Crippen LogP contribution in [0, 0.1) is 12.8 Å². The highest BCUT2D eigenvalue weighted by atomic mass is 35.5. The summed E-state index contributed by atoms with van der Waals surface area (Å²) in [5, 5.41) is 13.4. The minimum Gasteiger partial charge on any atom is -0.317 e. The number of aryl methyl sites for hydroxylation is 1. The third kappa shape index (κ3) is 6.95.